The summed E-state index contributed by atoms with van der Waals surface area (Å²) < 4.78 is 5.88. The van der Waals surface area contributed by atoms with Gasteiger partial charge in [0.2, 0.25) is 5.88 Å². The molecule has 1 rings (SSSR count). The Morgan fingerprint density at radius 2 is 2.36 bits per heavy atom. The third-order valence-electron chi connectivity index (χ3n) is 1.76. The van der Waals surface area contributed by atoms with E-state index in [9.17, 15) is 0 Å². The van der Waals surface area contributed by atoms with Gasteiger partial charge in [0.05, 0.1) is 11.6 Å². The molecule has 0 saturated heterocycles. The van der Waals surface area contributed by atoms with Crippen LogP contribution >= 0.6 is 27.7 Å². The van der Waals surface area contributed by atoms with Gasteiger partial charge in [-0.05, 0) is 22.4 Å². The number of methoxy groups -OCH3 is 1. The molecule has 0 fully saturated rings. The van der Waals surface area contributed by atoms with Crippen LogP contribution < -0.4 is 4.74 Å². The van der Waals surface area contributed by atoms with Crippen molar-refractivity contribution in [1.82, 2.24) is 9.97 Å². The highest BCUT2D eigenvalue weighted by Gasteiger charge is 2.08. The van der Waals surface area contributed by atoms with Gasteiger partial charge in [0, 0.05) is 11.4 Å². The van der Waals surface area contributed by atoms with Gasteiger partial charge in [-0.3, -0.25) is 0 Å². The fraction of sp³-hybridized carbons (Fsp3) is 0.556. The average Bonchev–Trinajstić information content (AvgIpc) is 2.20. The summed E-state index contributed by atoms with van der Waals surface area (Å²) in [4.78, 5) is 8.46. The number of ether oxygens (including phenoxy) is 1. The number of halogens is 1. The summed E-state index contributed by atoms with van der Waals surface area (Å²) in [7, 11) is 1.60. The second kappa shape index (κ2) is 5.56. The van der Waals surface area contributed by atoms with Gasteiger partial charge in [-0.25, -0.2) is 4.98 Å². The quantitative estimate of drug-likeness (QED) is 0.625. The second-order valence-electron chi connectivity index (χ2n) is 2.85. The van der Waals surface area contributed by atoms with E-state index in [0.29, 0.717) is 11.1 Å². The minimum atomic E-state index is 0.529. The molecule has 0 N–H and O–H groups in total. The van der Waals surface area contributed by atoms with Crippen LogP contribution in [0.2, 0.25) is 0 Å². The van der Waals surface area contributed by atoms with Crippen LogP contribution in [0.15, 0.2) is 15.8 Å². The SMILES string of the molecule is CCC(C)Sc1ncc(Br)c(OC)n1. The van der Waals surface area contributed by atoms with E-state index in [1.54, 1.807) is 25.1 Å². The van der Waals surface area contributed by atoms with Crippen molar-refractivity contribution >= 4 is 27.7 Å². The molecular formula is C9H13BrN2OS. The molecule has 1 atom stereocenters. The molecule has 1 aromatic heterocycles. The maximum absolute atomic E-state index is 5.09. The molecule has 1 aromatic rings. The molecule has 0 aliphatic rings. The summed E-state index contributed by atoms with van der Waals surface area (Å²) in [6.07, 6.45) is 2.82. The summed E-state index contributed by atoms with van der Waals surface area (Å²) in [5.41, 5.74) is 0. The predicted octanol–water partition coefficient (Wildman–Crippen LogP) is 3.14. The Kier molecular flexibility index (Phi) is 4.68. The van der Waals surface area contributed by atoms with Crippen molar-refractivity contribution in [3.8, 4) is 5.88 Å². The molecule has 0 spiro atoms. The molecule has 14 heavy (non-hydrogen) atoms. The normalized spacial score (nSPS) is 12.6. The van der Waals surface area contributed by atoms with Gasteiger partial charge < -0.3 is 4.74 Å². The number of nitrogens with zero attached hydrogens (tertiary/aromatic N) is 2. The van der Waals surface area contributed by atoms with Crippen molar-refractivity contribution in [3.63, 3.8) is 0 Å². The Labute approximate surface area is 96.8 Å². The summed E-state index contributed by atoms with van der Waals surface area (Å²) in [5.74, 6) is 0.589. The smallest absolute Gasteiger partial charge is 0.231 e. The lowest BCUT2D eigenvalue weighted by molar-refractivity contribution is 0.389. The van der Waals surface area contributed by atoms with Crippen molar-refractivity contribution in [2.45, 2.75) is 30.7 Å². The first-order valence-electron chi connectivity index (χ1n) is 4.40. The number of rotatable bonds is 4. The Bertz CT molecular complexity index is 309. The first-order chi connectivity index (χ1) is 6.67. The third-order valence-corrected chi connectivity index (χ3v) is 3.45. The van der Waals surface area contributed by atoms with E-state index < -0.39 is 0 Å². The van der Waals surface area contributed by atoms with Crippen molar-refractivity contribution in [2.75, 3.05) is 7.11 Å². The molecule has 0 aliphatic carbocycles. The summed E-state index contributed by atoms with van der Waals surface area (Å²) in [6, 6.07) is 0. The minimum absolute atomic E-state index is 0.529. The molecule has 78 valence electrons. The lowest BCUT2D eigenvalue weighted by atomic mass is 10.4. The Morgan fingerprint density at radius 1 is 1.64 bits per heavy atom. The minimum Gasteiger partial charge on any atom is -0.480 e. The van der Waals surface area contributed by atoms with E-state index in [-0.39, 0.29) is 0 Å². The lowest BCUT2D eigenvalue weighted by Crippen LogP contribution is -1.98. The number of hydrogen-bond donors (Lipinski definition) is 0. The molecule has 0 radical (unpaired) electrons. The van der Waals surface area contributed by atoms with Gasteiger partial charge in [0.25, 0.3) is 0 Å². The predicted molar refractivity (Wildman–Crippen MR) is 61.9 cm³/mol. The van der Waals surface area contributed by atoms with Gasteiger partial charge in [-0.1, -0.05) is 25.6 Å². The summed E-state index contributed by atoms with van der Waals surface area (Å²) in [5, 5.41) is 1.29. The first-order valence-corrected chi connectivity index (χ1v) is 6.07. The highest BCUT2D eigenvalue weighted by atomic mass is 79.9. The van der Waals surface area contributed by atoms with Crippen LogP contribution in [0.3, 0.4) is 0 Å². The first kappa shape index (κ1) is 11.8. The standard InChI is InChI=1S/C9H13BrN2OS/c1-4-6(2)14-9-11-5-7(10)8(12-9)13-3/h5-6H,4H2,1-3H3. The van der Waals surface area contributed by atoms with Crippen LogP contribution in [0.4, 0.5) is 0 Å². The molecule has 5 heteroatoms. The zero-order chi connectivity index (χ0) is 10.6. The van der Waals surface area contributed by atoms with Crippen LogP contribution in [0.1, 0.15) is 20.3 Å². The van der Waals surface area contributed by atoms with Crippen LogP contribution in [0, 0.1) is 0 Å². The van der Waals surface area contributed by atoms with Crippen LogP contribution in [0.5, 0.6) is 5.88 Å². The van der Waals surface area contributed by atoms with Crippen LogP contribution in [-0.2, 0) is 0 Å². The maximum atomic E-state index is 5.09. The summed E-state index contributed by atoms with van der Waals surface area (Å²) >= 11 is 4.97. The van der Waals surface area contributed by atoms with Gasteiger partial charge >= 0.3 is 0 Å². The second-order valence-corrected chi connectivity index (χ2v) is 5.11. The third kappa shape index (κ3) is 3.13. The van der Waals surface area contributed by atoms with E-state index in [4.69, 9.17) is 4.74 Å². The van der Waals surface area contributed by atoms with Crippen LogP contribution in [-0.4, -0.2) is 22.3 Å². The van der Waals surface area contributed by atoms with Gasteiger partial charge in [-0.2, -0.15) is 4.98 Å². The van der Waals surface area contributed by atoms with E-state index in [2.05, 4.69) is 39.7 Å². The molecule has 1 unspecified atom stereocenters. The van der Waals surface area contributed by atoms with E-state index in [1.807, 2.05) is 0 Å². The maximum Gasteiger partial charge on any atom is 0.231 e. The van der Waals surface area contributed by atoms with Crippen LogP contribution in [0.25, 0.3) is 0 Å². The van der Waals surface area contributed by atoms with Crippen molar-refractivity contribution in [2.24, 2.45) is 0 Å². The molecular weight excluding hydrogens is 264 g/mol. The fourth-order valence-electron chi connectivity index (χ4n) is 0.799. The average molecular weight is 277 g/mol. The number of thioether (sulfide) groups is 1. The van der Waals surface area contributed by atoms with Gasteiger partial charge in [-0.15, -0.1) is 0 Å². The molecule has 0 aromatic carbocycles. The van der Waals surface area contributed by atoms with Gasteiger partial charge in [0.15, 0.2) is 5.16 Å². The number of aromatic nitrogens is 2. The van der Waals surface area contributed by atoms with Crippen molar-refractivity contribution in [1.29, 1.82) is 0 Å². The van der Waals surface area contributed by atoms with E-state index in [1.165, 1.54) is 0 Å². The molecule has 0 saturated carbocycles. The van der Waals surface area contributed by atoms with Crippen molar-refractivity contribution < 1.29 is 4.74 Å². The molecule has 0 amide bonds. The molecule has 0 bridgehead atoms. The van der Waals surface area contributed by atoms with Gasteiger partial charge in [0.1, 0.15) is 0 Å². The largest absolute Gasteiger partial charge is 0.480 e. The zero-order valence-electron chi connectivity index (χ0n) is 8.45. The Hall–Kier alpha value is -0.290. The highest BCUT2D eigenvalue weighted by molar-refractivity contribution is 9.10. The zero-order valence-corrected chi connectivity index (χ0v) is 10.9. The monoisotopic (exact) mass is 276 g/mol. The molecule has 1 heterocycles. The fourth-order valence-corrected chi connectivity index (χ4v) is 1.93. The highest BCUT2D eigenvalue weighted by Crippen LogP contribution is 2.27. The summed E-state index contributed by atoms with van der Waals surface area (Å²) in [6.45, 7) is 4.30. The Balaban J connectivity index is 2.79. The molecule has 3 nitrogen and oxygen atoms in total. The molecule has 0 aliphatic heterocycles. The number of hydrogen-bond acceptors (Lipinski definition) is 4. The topological polar surface area (TPSA) is 35.0 Å². The lowest BCUT2D eigenvalue weighted by Gasteiger charge is -2.07. The van der Waals surface area contributed by atoms with Crippen molar-refractivity contribution in [3.05, 3.63) is 10.7 Å². The van der Waals surface area contributed by atoms with E-state index in [0.717, 1.165) is 16.0 Å². The Morgan fingerprint density at radius 3 is 2.93 bits per heavy atom. The van der Waals surface area contributed by atoms with E-state index >= 15 is 0 Å².